The highest BCUT2D eigenvalue weighted by Gasteiger charge is 2.50. The van der Waals surface area contributed by atoms with Crippen molar-refractivity contribution in [2.24, 2.45) is 5.41 Å². The fraction of sp³-hybridized carbons (Fsp3) is 0.345. The van der Waals surface area contributed by atoms with Crippen LogP contribution >= 0.6 is 0 Å². The number of rotatable bonds is 4. The maximum Gasteiger partial charge on any atom is 0.270 e. The summed E-state index contributed by atoms with van der Waals surface area (Å²) in [6.45, 7) is 6.85. The van der Waals surface area contributed by atoms with Gasteiger partial charge in [0.2, 0.25) is 5.91 Å². The Labute approximate surface area is 215 Å². The molecule has 2 fully saturated rings. The van der Waals surface area contributed by atoms with Crippen molar-refractivity contribution in [2.45, 2.75) is 45.3 Å². The van der Waals surface area contributed by atoms with Gasteiger partial charge in [0.15, 0.2) is 0 Å². The Morgan fingerprint density at radius 2 is 1.38 bits per heavy atom. The van der Waals surface area contributed by atoms with E-state index < -0.39 is 11.5 Å². The Morgan fingerprint density at radius 3 is 1.95 bits per heavy atom. The quantitative estimate of drug-likeness (QED) is 0.398. The number of likely N-dealkylation sites (tertiary alicyclic amines) is 2. The zero-order valence-corrected chi connectivity index (χ0v) is 21.2. The second-order valence-electron chi connectivity index (χ2n) is 11.3. The van der Waals surface area contributed by atoms with Gasteiger partial charge in [-0.25, -0.2) is 0 Å². The number of nitrogens with zero attached hydrogens (tertiary/aromatic N) is 2. The van der Waals surface area contributed by atoms with Crippen molar-refractivity contribution < 1.29 is 14.4 Å². The number of H-pyrrole nitrogens is 2. The highest BCUT2D eigenvalue weighted by Crippen LogP contribution is 2.34. The van der Waals surface area contributed by atoms with E-state index in [-0.39, 0.29) is 29.8 Å². The van der Waals surface area contributed by atoms with Crippen LogP contribution in [0.25, 0.3) is 21.8 Å². The van der Waals surface area contributed by atoms with Crippen LogP contribution < -0.4 is 5.32 Å². The third kappa shape index (κ3) is 4.06. The Kier molecular flexibility index (Phi) is 5.36. The summed E-state index contributed by atoms with van der Waals surface area (Å²) in [7, 11) is 0. The number of carbonyl (C=O) groups excluding carboxylic acids is 3. The summed E-state index contributed by atoms with van der Waals surface area (Å²) in [5.41, 5.74) is 2.33. The summed E-state index contributed by atoms with van der Waals surface area (Å²) >= 11 is 0. The molecular weight excluding hydrogens is 466 g/mol. The van der Waals surface area contributed by atoms with Crippen LogP contribution in [0.1, 0.15) is 48.2 Å². The zero-order valence-electron chi connectivity index (χ0n) is 21.2. The van der Waals surface area contributed by atoms with Crippen molar-refractivity contribution in [1.29, 1.82) is 0 Å². The van der Waals surface area contributed by atoms with Gasteiger partial charge < -0.3 is 25.1 Å². The minimum atomic E-state index is -0.691. The number of nitrogens with one attached hydrogen (secondary N) is 3. The molecule has 6 rings (SSSR count). The molecule has 2 aromatic heterocycles. The number of amides is 3. The van der Waals surface area contributed by atoms with Gasteiger partial charge in [0.1, 0.15) is 17.4 Å². The van der Waals surface area contributed by atoms with Gasteiger partial charge >= 0.3 is 0 Å². The smallest absolute Gasteiger partial charge is 0.270 e. The minimum absolute atomic E-state index is 0.0297. The second kappa shape index (κ2) is 8.50. The molecule has 8 heteroatoms. The molecule has 3 unspecified atom stereocenters. The van der Waals surface area contributed by atoms with Gasteiger partial charge in [-0.15, -0.1) is 0 Å². The first-order valence-corrected chi connectivity index (χ1v) is 12.8. The van der Waals surface area contributed by atoms with Crippen LogP contribution in [0.4, 0.5) is 0 Å². The molecule has 0 radical (unpaired) electrons. The first kappa shape index (κ1) is 23.3. The molecule has 2 aliphatic rings. The van der Waals surface area contributed by atoms with Gasteiger partial charge in [-0.2, -0.15) is 0 Å². The number of carbonyl (C=O) groups is 3. The monoisotopic (exact) mass is 497 g/mol. The Balaban J connectivity index is 1.17. The summed E-state index contributed by atoms with van der Waals surface area (Å²) in [5.74, 6) is -0.429. The number of aromatic nitrogens is 2. The number of hydrogen-bond donors (Lipinski definition) is 3. The van der Waals surface area contributed by atoms with Crippen molar-refractivity contribution in [3.05, 3.63) is 72.1 Å². The molecular formula is C29H31N5O3. The Bertz CT molecular complexity index is 1460. The molecule has 0 spiro atoms. The van der Waals surface area contributed by atoms with Crippen LogP contribution in [0.2, 0.25) is 0 Å². The van der Waals surface area contributed by atoms with E-state index in [9.17, 15) is 14.4 Å². The van der Waals surface area contributed by atoms with E-state index in [0.717, 1.165) is 28.2 Å². The molecule has 3 atom stereocenters. The van der Waals surface area contributed by atoms with Crippen molar-refractivity contribution >= 4 is 39.5 Å². The fourth-order valence-electron chi connectivity index (χ4n) is 5.75. The van der Waals surface area contributed by atoms with Crippen LogP contribution in [0.3, 0.4) is 0 Å². The van der Waals surface area contributed by atoms with Crippen molar-refractivity contribution in [1.82, 2.24) is 25.1 Å². The normalized spacial score (nSPS) is 20.1. The van der Waals surface area contributed by atoms with Crippen LogP contribution in [-0.2, 0) is 4.79 Å². The number of benzene rings is 2. The maximum atomic E-state index is 13.8. The molecule has 4 heterocycles. The first-order valence-electron chi connectivity index (χ1n) is 12.8. The number of piperazine rings is 1. The third-order valence-electron chi connectivity index (χ3n) is 7.71. The molecule has 3 amide bonds. The average Bonchev–Trinajstić information content (AvgIpc) is 3.66. The van der Waals surface area contributed by atoms with Crippen LogP contribution in [0.5, 0.6) is 0 Å². The van der Waals surface area contributed by atoms with E-state index in [1.54, 1.807) is 6.07 Å². The van der Waals surface area contributed by atoms with Crippen molar-refractivity contribution in [2.75, 3.05) is 13.1 Å². The molecule has 190 valence electrons. The van der Waals surface area contributed by atoms with E-state index in [0.29, 0.717) is 24.5 Å². The van der Waals surface area contributed by atoms with Crippen molar-refractivity contribution in [3.8, 4) is 0 Å². The largest absolute Gasteiger partial charge is 0.351 e. The highest BCUT2D eigenvalue weighted by atomic mass is 16.2. The number of aromatic amines is 2. The third-order valence-corrected chi connectivity index (χ3v) is 7.71. The van der Waals surface area contributed by atoms with Gasteiger partial charge in [-0.1, -0.05) is 57.2 Å². The van der Waals surface area contributed by atoms with Crippen LogP contribution in [0, 0.1) is 5.41 Å². The molecule has 2 aromatic carbocycles. The standard InChI is InChI=1S/C29H31N5O3/c1-29(2,3)25(32-26(35)23-12-17-8-4-6-10-21(17)30-23)28(37)34-16-19-14-20(34)15-33(19)27(36)24-13-18-9-5-7-11-22(18)31-24/h4-13,19-20,25,30-31H,14-16H2,1-3H3,(H,32,35). The topological polar surface area (TPSA) is 101 Å². The minimum Gasteiger partial charge on any atom is -0.351 e. The van der Waals surface area contributed by atoms with E-state index >= 15 is 0 Å². The van der Waals surface area contributed by atoms with E-state index in [2.05, 4.69) is 15.3 Å². The predicted molar refractivity (Wildman–Crippen MR) is 142 cm³/mol. The fourth-order valence-corrected chi connectivity index (χ4v) is 5.75. The lowest BCUT2D eigenvalue weighted by Gasteiger charge is -2.39. The maximum absolute atomic E-state index is 13.8. The van der Waals surface area contributed by atoms with Gasteiger partial charge in [0, 0.05) is 34.9 Å². The number of fused-ring (bicyclic) bond motifs is 4. The Morgan fingerprint density at radius 1 is 0.838 bits per heavy atom. The molecule has 0 aliphatic carbocycles. The van der Waals surface area contributed by atoms with E-state index in [1.165, 1.54) is 0 Å². The number of para-hydroxylation sites is 2. The lowest BCUT2D eigenvalue weighted by atomic mass is 9.85. The van der Waals surface area contributed by atoms with Crippen LogP contribution in [-0.4, -0.2) is 68.7 Å². The molecule has 8 nitrogen and oxygen atoms in total. The number of hydrogen-bond acceptors (Lipinski definition) is 3. The molecule has 2 aliphatic heterocycles. The Hall–Kier alpha value is -4.07. The van der Waals surface area contributed by atoms with Gasteiger partial charge in [0.25, 0.3) is 11.8 Å². The van der Waals surface area contributed by atoms with Crippen molar-refractivity contribution in [3.63, 3.8) is 0 Å². The molecule has 0 saturated carbocycles. The molecule has 37 heavy (non-hydrogen) atoms. The highest BCUT2D eigenvalue weighted by molar-refractivity contribution is 6.01. The zero-order chi connectivity index (χ0) is 25.9. The molecule has 2 bridgehead atoms. The van der Waals surface area contributed by atoms with Gasteiger partial charge in [-0.3, -0.25) is 14.4 Å². The van der Waals surface area contributed by atoms with E-state index in [1.807, 2.05) is 85.2 Å². The summed E-state index contributed by atoms with van der Waals surface area (Å²) in [5, 5.41) is 4.95. The predicted octanol–water partition coefficient (Wildman–Crippen LogP) is 3.92. The van der Waals surface area contributed by atoms with Gasteiger partial charge in [-0.05, 0) is 36.1 Å². The SMILES string of the molecule is CC(C)(C)C(NC(=O)c1cc2ccccc2[nH]1)C(=O)N1CC2CC1CN2C(=O)c1cc2ccccc2[nH]1. The lowest BCUT2D eigenvalue weighted by Crippen LogP contribution is -2.59. The van der Waals surface area contributed by atoms with Gasteiger partial charge in [0.05, 0.1) is 12.1 Å². The lowest BCUT2D eigenvalue weighted by molar-refractivity contribution is -0.138. The summed E-state index contributed by atoms with van der Waals surface area (Å²) in [6, 6.07) is 18.5. The summed E-state index contributed by atoms with van der Waals surface area (Å²) in [6.07, 6.45) is 0.754. The first-order chi connectivity index (χ1) is 17.7. The summed E-state index contributed by atoms with van der Waals surface area (Å²) in [4.78, 5) is 50.3. The second-order valence-corrected chi connectivity index (χ2v) is 11.3. The van der Waals surface area contributed by atoms with Crippen LogP contribution in [0.15, 0.2) is 60.7 Å². The van der Waals surface area contributed by atoms with E-state index in [4.69, 9.17) is 0 Å². The molecule has 2 saturated heterocycles. The summed E-state index contributed by atoms with van der Waals surface area (Å²) < 4.78 is 0. The average molecular weight is 498 g/mol. The molecule has 3 N–H and O–H groups in total. The molecule has 4 aromatic rings.